The molecule has 1 saturated heterocycles. The van der Waals surface area contributed by atoms with Gasteiger partial charge in [-0.3, -0.25) is 9.36 Å². The summed E-state index contributed by atoms with van der Waals surface area (Å²) in [5, 5.41) is 3.12. The maximum atomic E-state index is 14.4. The largest absolute Gasteiger partial charge is 0.383 e. The third-order valence-electron chi connectivity index (χ3n) is 4.47. The Balaban J connectivity index is 1.65. The number of hydrogen-bond donors (Lipinski definition) is 1. The zero-order chi connectivity index (χ0) is 17.8. The summed E-state index contributed by atoms with van der Waals surface area (Å²) in [7, 11) is 0. The van der Waals surface area contributed by atoms with Gasteiger partial charge in [0.25, 0.3) is 5.56 Å². The zero-order valence-electron chi connectivity index (χ0n) is 14.7. The zero-order valence-corrected chi connectivity index (χ0v) is 14.7. The highest BCUT2D eigenvalue weighted by atomic mass is 19.1. The molecule has 1 fully saturated rings. The highest BCUT2D eigenvalue weighted by Crippen LogP contribution is 2.20. The predicted octanol–water partition coefficient (Wildman–Crippen LogP) is 3.36. The van der Waals surface area contributed by atoms with Crippen molar-refractivity contribution in [3.63, 3.8) is 0 Å². The number of benzene rings is 1. The quantitative estimate of drug-likeness (QED) is 0.816. The fourth-order valence-electron chi connectivity index (χ4n) is 3.27. The van der Waals surface area contributed by atoms with E-state index in [9.17, 15) is 9.18 Å². The van der Waals surface area contributed by atoms with Gasteiger partial charge in [-0.25, -0.2) is 9.37 Å². The summed E-state index contributed by atoms with van der Waals surface area (Å²) < 4.78 is 21.4. The summed E-state index contributed by atoms with van der Waals surface area (Å²) in [6.45, 7) is 5.06. The third-order valence-corrected chi connectivity index (χ3v) is 4.47. The Morgan fingerprint density at radius 1 is 1.36 bits per heavy atom. The average Bonchev–Trinajstić information content (AvgIpc) is 3.05. The van der Waals surface area contributed by atoms with Gasteiger partial charge in [-0.1, -0.05) is 0 Å². The fraction of sp³-hybridized carbons (Fsp3) is 0.474. The number of nitrogens with zero attached hydrogens (tertiary/aromatic N) is 2. The molecule has 1 atom stereocenters. The maximum Gasteiger partial charge on any atom is 0.258 e. The van der Waals surface area contributed by atoms with Crippen LogP contribution < -0.4 is 10.9 Å². The van der Waals surface area contributed by atoms with Gasteiger partial charge in [-0.2, -0.15) is 0 Å². The predicted molar refractivity (Wildman–Crippen MR) is 96.0 cm³/mol. The van der Waals surface area contributed by atoms with Crippen LogP contribution in [-0.2, 0) is 4.74 Å². The molecular weight excluding hydrogens is 321 g/mol. The van der Waals surface area contributed by atoms with Crippen LogP contribution >= 0.6 is 0 Å². The normalized spacial score (nSPS) is 17.0. The van der Waals surface area contributed by atoms with Crippen LogP contribution in [0.25, 0.3) is 5.69 Å². The highest BCUT2D eigenvalue weighted by Gasteiger charge is 2.14. The van der Waals surface area contributed by atoms with Crippen molar-refractivity contribution in [2.45, 2.75) is 45.6 Å². The Bertz CT molecular complexity index is 798. The van der Waals surface area contributed by atoms with Crippen LogP contribution in [0.15, 0.2) is 29.1 Å². The molecule has 25 heavy (non-hydrogen) atoms. The van der Waals surface area contributed by atoms with Gasteiger partial charge < -0.3 is 10.1 Å². The van der Waals surface area contributed by atoms with Gasteiger partial charge >= 0.3 is 0 Å². The minimum atomic E-state index is -0.374. The van der Waals surface area contributed by atoms with Gasteiger partial charge in [0.2, 0.25) is 0 Å². The van der Waals surface area contributed by atoms with Crippen LogP contribution in [0.2, 0.25) is 0 Å². The van der Waals surface area contributed by atoms with Gasteiger partial charge in [0.05, 0.1) is 17.5 Å². The molecule has 134 valence electrons. The van der Waals surface area contributed by atoms with Crippen LogP contribution in [0, 0.1) is 19.7 Å². The molecule has 0 amide bonds. The molecule has 0 bridgehead atoms. The molecule has 1 N–H and O–H groups in total. The second kappa shape index (κ2) is 7.78. The molecule has 1 aromatic heterocycles. The summed E-state index contributed by atoms with van der Waals surface area (Å²) in [5.41, 5.74) is 1.38. The first-order valence-corrected chi connectivity index (χ1v) is 8.77. The van der Waals surface area contributed by atoms with Crippen LogP contribution in [0.4, 0.5) is 10.1 Å². The second-order valence-electron chi connectivity index (χ2n) is 6.49. The number of aromatic nitrogens is 2. The van der Waals surface area contributed by atoms with Gasteiger partial charge in [0, 0.05) is 31.0 Å². The van der Waals surface area contributed by atoms with E-state index in [4.69, 9.17) is 4.74 Å². The van der Waals surface area contributed by atoms with Crippen LogP contribution in [-0.4, -0.2) is 28.8 Å². The number of nitrogens with one attached hydrogen (secondary N) is 1. The van der Waals surface area contributed by atoms with Gasteiger partial charge in [0.1, 0.15) is 11.6 Å². The van der Waals surface area contributed by atoms with E-state index < -0.39 is 0 Å². The van der Waals surface area contributed by atoms with E-state index in [0.29, 0.717) is 35.5 Å². The Kier molecular flexibility index (Phi) is 5.48. The molecule has 0 aliphatic carbocycles. The van der Waals surface area contributed by atoms with Crippen molar-refractivity contribution < 1.29 is 9.13 Å². The van der Waals surface area contributed by atoms with Crippen molar-refractivity contribution in [3.05, 3.63) is 52.0 Å². The van der Waals surface area contributed by atoms with Gasteiger partial charge in [-0.15, -0.1) is 0 Å². The Hall–Kier alpha value is -2.21. The van der Waals surface area contributed by atoms with E-state index in [1.165, 1.54) is 16.7 Å². The van der Waals surface area contributed by atoms with Gasteiger partial charge in [0.15, 0.2) is 0 Å². The first-order valence-electron chi connectivity index (χ1n) is 8.77. The number of ether oxygens (including phenoxy) is 1. The third kappa shape index (κ3) is 4.25. The van der Waals surface area contributed by atoms with Crippen LogP contribution in [0.3, 0.4) is 0 Å². The van der Waals surface area contributed by atoms with Crippen LogP contribution in [0.5, 0.6) is 0 Å². The molecule has 1 aliphatic rings. The molecule has 0 spiro atoms. The van der Waals surface area contributed by atoms with Crippen molar-refractivity contribution >= 4 is 5.69 Å². The van der Waals surface area contributed by atoms with Crippen LogP contribution in [0.1, 0.15) is 37.2 Å². The summed E-state index contributed by atoms with van der Waals surface area (Å²) >= 11 is 0. The second-order valence-corrected chi connectivity index (χ2v) is 6.49. The molecule has 6 heteroatoms. The van der Waals surface area contributed by atoms with E-state index in [0.717, 1.165) is 32.3 Å². The molecule has 0 radical (unpaired) electrons. The molecule has 1 aromatic carbocycles. The molecule has 5 nitrogen and oxygen atoms in total. The molecule has 0 saturated carbocycles. The first kappa shape index (κ1) is 17.6. The summed E-state index contributed by atoms with van der Waals surface area (Å²) in [6.07, 6.45) is 4.56. The lowest BCUT2D eigenvalue weighted by atomic mass is 10.1. The Morgan fingerprint density at radius 2 is 2.20 bits per heavy atom. The lowest BCUT2D eigenvalue weighted by Gasteiger charge is -2.13. The topological polar surface area (TPSA) is 56.2 Å². The number of rotatable bonds is 6. The average molecular weight is 345 g/mol. The maximum absolute atomic E-state index is 14.4. The number of aryl methyl sites for hydroxylation is 2. The van der Waals surface area contributed by atoms with E-state index in [-0.39, 0.29) is 11.4 Å². The highest BCUT2D eigenvalue weighted by molar-refractivity contribution is 5.50. The van der Waals surface area contributed by atoms with Gasteiger partial charge in [-0.05, 0) is 51.7 Å². The smallest absolute Gasteiger partial charge is 0.258 e. The number of halogens is 1. The summed E-state index contributed by atoms with van der Waals surface area (Å²) in [4.78, 5) is 16.4. The van der Waals surface area contributed by atoms with E-state index >= 15 is 0 Å². The molecule has 2 heterocycles. The Labute approximate surface area is 146 Å². The standard InChI is InChI=1S/C19H24FN3O2/c1-13-11-19(24)23(14(2)22-13)15-7-8-18(17(20)12-15)21-9-3-5-16-6-4-10-25-16/h7-8,11-12,16,21H,3-6,9-10H2,1-2H3. The summed E-state index contributed by atoms with van der Waals surface area (Å²) in [6, 6.07) is 6.22. The minimum absolute atomic E-state index is 0.207. The monoisotopic (exact) mass is 345 g/mol. The molecule has 2 aromatic rings. The Morgan fingerprint density at radius 3 is 2.88 bits per heavy atom. The lowest BCUT2D eigenvalue weighted by Crippen LogP contribution is -2.22. The van der Waals surface area contributed by atoms with E-state index in [2.05, 4.69) is 10.3 Å². The van der Waals surface area contributed by atoms with Crippen molar-refractivity contribution in [3.8, 4) is 5.69 Å². The minimum Gasteiger partial charge on any atom is -0.383 e. The summed E-state index contributed by atoms with van der Waals surface area (Å²) in [5.74, 6) is 0.170. The first-order chi connectivity index (χ1) is 12.0. The van der Waals surface area contributed by atoms with E-state index in [1.54, 1.807) is 26.0 Å². The van der Waals surface area contributed by atoms with Crippen molar-refractivity contribution in [2.75, 3.05) is 18.5 Å². The number of hydrogen-bond acceptors (Lipinski definition) is 4. The SMILES string of the molecule is Cc1cc(=O)n(-c2ccc(NCCCC3CCCO3)c(F)c2)c(C)n1. The van der Waals surface area contributed by atoms with Crippen molar-refractivity contribution in [1.82, 2.24) is 9.55 Å². The molecule has 1 aliphatic heterocycles. The lowest BCUT2D eigenvalue weighted by molar-refractivity contribution is 0.103. The molecule has 3 rings (SSSR count). The number of anilines is 1. The van der Waals surface area contributed by atoms with Crippen molar-refractivity contribution in [2.24, 2.45) is 0 Å². The van der Waals surface area contributed by atoms with E-state index in [1.807, 2.05) is 0 Å². The van der Waals surface area contributed by atoms with Crippen molar-refractivity contribution in [1.29, 1.82) is 0 Å². The molecule has 1 unspecified atom stereocenters. The fourth-order valence-corrected chi connectivity index (χ4v) is 3.27. The molecular formula is C19H24FN3O2.